The highest BCUT2D eigenvalue weighted by Gasteiger charge is 2.52. The van der Waals surface area contributed by atoms with E-state index in [-0.39, 0.29) is 19.1 Å². The van der Waals surface area contributed by atoms with Crippen LogP contribution in [0.1, 0.15) is 69.2 Å². The maximum Gasteiger partial charge on any atom is 0.492 e. The molecule has 1 fully saturated rings. The maximum absolute atomic E-state index is 12.9. The van der Waals surface area contributed by atoms with Gasteiger partial charge in [-0.15, -0.1) is 0 Å². The summed E-state index contributed by atoms with van der Waals surface area (Å²) in [6.45, 7) is 10.8. The Morgan fingerprint density at radius 1 is 0.897 bits per heavy atom. The monoisotopic (exact) mass is 523 g/mol. The lowest BCUT2D eigenvalue weighted by Crippen LogP contribution is -2.41. The van der Waals surface area contributed by atoms with E-state index in [0.29, 0.717) is 0 Å². The Hall–Kier alpha value is -3.35. The number of alkyl carbamates (subject to hydrolysis) is 1. The van der Waals surface area contributed by atoms with Crippen LogP contribution in [0.4, 0.5) is 4.79 Å². The van der Waals surface area contributed by atoms with Crippen molar-refractivity contribution in [3.8, 4) is 11.1 Å². The van der Waals surface area contributed by atoms with Gasteiger partial charge in [-0.1, -0.05) is 92.2 Å². The van der Waals surface area contributed by atoms with Crippen molar-refractivity contribution in [1.29, 1.82) is 0 Å². The Bertz CT molecular complexity index is 1300. The van der Waals surface area contributed by atoms with Crippen LogP contribution in [-0.4, -0.2) is 37.6 Å². The molecule has 0 spiro atoms. The van der Waals surface area contributed by atoms with Crippen LogP contribution >= 0.6 is 0 Å². The number of nitrogens with one attached hydrogen (secondary N) is 1. The van der Waals surface area contributed by atoms with Gasteiger partial charge < -0.3 is 19.4 Å². The molecule has 1 amide bonds. The highest BCUT2D eigenvalue weighted by Crippen LogP contribution is 2.44. The highest BCUT2D eigenvalue weighted by molar-refractivity contribution is 6.56. The number of carbonyl (C=O) groups excluding carboxylic acids is 1. The zero-order valence-corrected chi connectivity index (χ0v) is 23.6. The van der Waals surface area contributed by atoms with Gasteiger partial charge in [-0.25, -0.2) is 4.79 Å². The van der Waals surface area contributed by atoms with E-state index >= 15 is 0 Å². The first-order chi connectivity index (χ1) is 18.7. The highest BCUT2D eigenvalue weighted by atomic mass is 16.7. The third kappa shape index (κ3) is 5.68. The van der Waals surface area contributed by atoms with Crippen LogP contribution < -0.4 is 5.32 Å². The molecule has 1 aliphatic carbocycles. The summed E-state index contributed by atoms with van der Waals surface area (Å²) in [5.41, 5.74) is 7.02. The second-order valence-corrected chi connectivity index (χ2v) is 11.5. The van der Waals surface area contributed by atoms with Crippen LogP contribution in [0, 0.1) is 0 Å². The lowest BCUT2D eigenvalue weighted by atomic mass is 9.77. The molecule has 5 nitrogen and oxygen atoms in total. The van der Waals surface area contributed by atoms with Crippen LogP contribution in [0.25, 0.3) is 17.2 Å². The van der Waals surface area contributed by atoms with Crippen LogP contribution in [0.15, 0.2) is 78.3 Å². The van der Waals surface area contributed by atoms with Crippen molar-refractivity contribution < 1.29 is 18.8 Å². The fourth-order valence-electron chi connectivity index (χ4n) is 5.30. The molecule has 3 aromatic carbocycles. The Morgan fingerprint density at radius 3 is 2.03 bits per heavy atom. The number of rotatable bonds is 8. The predicted molar refractivity (Wildman–Crippen MR) is 158 cm³/mol. The summed E-state index contributed by atoms with van der Waals surface area (Å²) in [4.78, 5) is 12.9. The standard InChI is InChI=1S/C33H38BNO4/c1-6-11-23-16-18-24(19-17-23)20-25(34-38-32(2,3)33(4,5)39-34)21-35-31(36)37-22-30-28-14-9-7-12-26(28)27-13-8-10-15-29(27)30/h7-10,12-20,30H,6,11,21-22H2,1-5H3,(H,35,36). The van der Waals surface area contributed by atoms with E-state index in [4.69, 9.17) is 14.0 Å². The maximum atomic E-state index is 12.9. The van der Waals surface area contributed by atoms with E-state index in [1.54, 1.807) is 0 Å². The molecule has 0 bridgehead atoms. The summed E-state index contributed by atoms with van der Waals surface area (Å²) >= 11 is 0. The number of carbonyl (C=O) groups is 1. The van der Waals surface area contributed by atoms with Crippen LogP contribution in [0.5, 0.6) is 0 Å². The molecule has 1 aliphatic heterocycles. The molecule has 0 radical (unpaired) electrons. The molecule has 202 valence electrons. The molecule has 5 rings (SSSR count). The molecule has 1 N–H and O–H groups in total. The van der Waals surface area contributed by atoms with Crippen molar-refractivity contribution in [1.82, 2.24) is 5.32 Å². The molecule has 39 heavy (non-hydrogen) atoms. The summed E-state index contributed by atoms with van der Waals surface area (Å²) < 4.78 is 18.4. The number of fused-ring (bicyclic) bond motifs is 3. The summed E-state index contributed by atoms with van der Waals surface area (Å²) in [6.07, 6.45) is 3.75. The molecule has 1 heterocycles. The number of hydrogen-bond donors (Lipinski definition) is 1. The Kier molecular flexibility index (Phi) is 7.70. The Labute approximate surface area is 232 Å². The van der Waals surface area contributed by atoms with Gasteiger partial charge in [0, 0.05) is 12.5 Å². The van der Waals surface area contributed by atoms with Gasteiger partial charge in [-0.3, -0.25) is 0 Å². The first-order valence-corrected chi connectivity index (χ1v) is 13.9. The minimum atomic E-state index is -0.570. The first-order valence-electron chi connectivity index (χ1n) is 13.9. The number of amides is 1. The molecule has 3 aromatic rings. The van der Waals surface area contributed by atoms with E-state index in [1.807, 2.05) is 58.0 Å². The zero-order chi connectivity index (χ0) is 27.6. The number of hydrogen-bond acceptors (Lipinski definition) is 4. The fourth-order valence-corrected chi connectivity index (χ4v) is 5.30. The third-order valence-electron chi connectivity index (χ3n) is 8.21. The Balaban J connectivity index is 1.29. The van der Waals surface area contributed by atoms with Crippen molar-refractivity contribution in [3.05, 3.63) is 101 Å². The van der Waals surface area contributed by atoms with E-state index in [1.165, 1.54) is 27.8 Å². The molecule has 0 saturated carbocycles. The number of aryl methyl sites for hydroxylation is 1. The van der Waals surface area contributed by atoms with Gasteiger partial charge in [0.05, 0.1) is 11.2 Å². The van der Waals surface area contributed by atoms with Crippen molar-refractivity contribution in [2.24, 2.45) is 0 Å². The largest absolute Gasteiger partial charge is 0.492 e. The molecule has 0 atom stereocenters. The summed E-state index contributed by atoms with van der Waals surface area (Å²) in [5, 5.41) is 2.95. The normalized spacial score (nSPS) is 17.6. The van der Waals surface area contributed by atoms with Gasteiger partial charge in [-0.2, -0.15) is 0 Å². The molecular weight excluding hydrogens is 485 g/mol. The van der Waals surface area contributed by atoms with E-state index < -0.39 is 24.4 Å². The first kappa shape index (κ1) is 27.2. The second kappa shape index (κ2) is 11.0. The SMILES string of the molecule is CCCc1ccc(C=C(CNC(=O)OCC2c3ccccc3-c3ccccc32)B2OC(C)(C)C(C)(C)O2)cc1. The van der Waals surface area contributed by atoms with Crippen molar-refractivity contribution in [3.63, 3.8) is 0 Å². The molecule has 0 aromatic heterocycles. The second-order valence-electron chi connectivity index (χ2n) is 11.5. The van der Waals surface area contributed by atoms with Gasteiger partial charge in [0.25, 0.3) is 0 Å². The summed E-state index contributed by atoms with van der Waals surface area (Å²) in [7, 11) is -0.570. The van der Waals surface area contributed by atoms with Gasteiger partial charge in [-0.05, 0) is 73.0 Å². The smallest absolute Gasteiger partial charge is 0.449 e. The van der Waals surface area contributed by atoms with Crippen molar-refractivity contribution in [2.75, 3.05) is 13.2 Å². The topological polar surface area (TPSA) is 56.8 Å². The van der Waals surface area contributed by atoms with Crippen LogP contribution in [-0.2, 0) is 20.5 Å². The molecule has 0 unspecified atom stereocenters. The average molecular weight is 523 g/mol. The van der Waals surface area contributed by atoms with E-state index in [9.17, 15) is 4.79 Å². The zero-order valence-electron chi connectivity index (χ0n) is 23.6. The van der Waals surface area contributed by atoms with Crippen molar-refractivity contribution in [2.45, 2.75) is 64.6 Å². The van der Waals surface area contributed by atoms with Gasteiger partial charge in [0.1, 0.15) is 6.61 Å². The van der Waals surface area contributed by atoms with E-state index in [0.717, 1.165) is 23.9 Å². The van der Waals surface area contributed by atoms with Gasteiger partial charge >= 0.3 is 13.2 Å². The average Bonchev–Trinajstić information content (AvgIpc) is 3.35. The minimum Gasteiger partial charge on any atom is -0.449 e. The number of ether oxygens (including phenoxy) is 1. The lowest BCUT2D eigenvalue weighted by molar-refractivity contribution is 0.00578. The summed E-state index contributed by atoms with van der Waals surface area (Å²) in [6, 6.07) is 25.2. The number of benzene rings is 3. The fraction of sp³-hybridized carbons (Fsp3) is 0.364. The minimum absolute atomic E-state index is 0.0166. The quantitative estimate of drug-likeness (QED) is 0.318. The molecule has 6 heteroatoms. The molecule has 1 saturated heterocycles. The Morgan fingerprint density at radius 2 is 1.46 bits per heavy atom. The van der Waals surface area contributed by atoms with Crippen molar-refractivity contribution >= 4 is 19.3 Å². The molecular formula is C33H38BNO4. The third-order valence-corrected chi connectivity index (χ3v) is 8.21. The van der Waals surface area contributed by atoms with Crippen LogP contribution in [0.2, 0.25) is 0 Å². The van der Waals surface area contributed by atoms with Gasteiger partial charge in [0.2, 0.25) is 0 Å². The van der Waals surface area contributed by atoms with Gasteiger partial charge in [0.15, 0.2) is 0 Å². The van der Waals surface area contributed by atoms with Crippen LogP contribution in [0.3, 0.4) is 0 Å². The lowest BCUT2D eigenvalue weighted by Gasteiger charge is -2.32. The van der Waals surface area contributed by atoms with E-state index in [2.05, 4.69) is 60.8 Å². The summed E-state index contributed by atoms with van der Waals surface area (Å²) in [5.74, 6) is 0.0166. The molecule has 2 aliphatic rings. The predicted octanol–water partition coefficient (Wildman–Crippen LogP) is 7.19.